The summed E-state index contributed by atoms with van der Waals surface area (Å²) in [5.41, 5.74) is 2.01. The Hall–Kier alpha value is -1.92. The van der Waals surface area contributed by atoms with Gasteiger partial charge in [-0.3, -0.25) is 4.79 Å². The van der Waals surface area contributed by atoms with Gasteiger partial charge in [0.15, 0.2) is 0 Å². The highest BCUT2D eigenvalue weighted by Crippen LogP contribution is 2.35. The molecule has 0 radical (unpaired) electrons. The van der Waals surface area contributed by atoms with Crippen molar-refractivity contribution in [3.8, 4) is 0 Å². The molecule has 6 heteroatoms. The molecule has 1 N–H and O–H groups in total. The number of aryl methyl sites for hydroxylation is 3. The lowest BCUT2D eigenvalue weighted by atomic mass is 10.2. The van der Waals surface area contributed by atoms with Crippen LogP contribution in [-0.4, -0.2) is 21.6 Å². The Morgan fingerprint density at radius 3 is 2.65 bits per heavy atom. The van der Waals surface area contributed by atoms with E-state index in [4.69, 9.17) is 0 Å². The number of carbonyl (C=O) groups excluding carboxylic acids is 1. The second-order valence-corrected chi connectivity index (χ2v) is 7.41. The Morgan fingerprint density at radius 1 is 1.17 bits per heavy atom. The molecule has 0 aliphatic carbocycles. The number of nitrogens with one attached hydrogen (secondary N) is 1. The third-order valence-corrected chi connectivity index (χ3v) is 5.58. The summed E-state index contributed by atoms with van der Waals surface area (Å²) in [4.78, 5) is 23.4. The van der Waals surface area contributed by atoms with Gasteiger partial charge in [0, 0.05) is 16.0 Å². The van der Waals surface area contributed by atoms with Crippen molar-refractivity contribution in [1.29, 1.82) is 0 Å². The van der Waals surface area contributed by atoms with Crippen LogP contribution in [0.25, 0.3) is 10.2 Å². The van der Waals surface area contributed by atoms with Gasteiger partial charge in [0.1, 0.15) is 15.7 Å². The summed E-state index contributed by atoms with van der Waals surface area (Å²) in [6.07, 6.45) is 0. The van der Waals surface area contributed by atoms with E-state index in [0.717, 1.165) is 26.8 Å². The number of amides is 1. The molecule has 0 aliphatic rings. The van der Waals surface area contributed by atoms with E-state index in [1.54, 1.807) is 11.3 Å². The van der Waals surface area contributed by atoms with Crippen LogP contribution in [0.2, 0.25) is 0 Å². The Morgan fingerprint density at radius 2 is 1.91 bits per heavy atom. The number of fused-ring (bicyclic) bond motifs is 1. The van der Waals surface area contributed by atoms with Crippen molar-refractivity contribution < 1.29 is 4.79 Å². The van der Waals surface area contributed by atoms with Crippen LogP contribution in [0.1, 0.15) is 16.3 Å². The molecule has 2 aromatic heterocycles. The van der Waals surface area contributed by atoms with E-state index in [-0.39, 0.29) is 5.91 Å². The first-order valence-electron chi connectivity index (χ1n) is 7.26. The van der Waals surface area contributed by atoms with Crippen LogP contribution in [0.5, 0.6) is 0 Å². The number of nitrogens with zero attached hydrogens (tertiary/aromatic N) is 2. The minimum absolute atomic E-state index is 0.0322. The van der Waals surface area contributed by atoms with Crippen LogP contribution in [0.3, 0.4) is 0 Å². The predicted octanol–water partition coefficient (Wildman–Crippen LogP) is 4.35. The van der Waals surface area contributed by atoms with Gasteiger partial charge < -0.3 is 5.32 Å². The highest BCUT2D eigenvalue weighted by atomic mass is 32.2. The lowest BCUT2D eigenvalue weighted by Crippen LogP contribution is -2.14. The number of carbonyl (C=O) groups is 1. The van der Waals surface area contributed by atoms with Crippen LogP contribution in [0.4, 0.5) is 5.69 Å². The van der Waals surface area contributed by atoms with Crippen molar-refractivity contribution in [3.05, 3.63) is 46.6 Å². The zero-order valence-electron chi connectivity index (χ0n) is 13.2. The predicted molar refractivity (Wildman–Crippen MR) is 97.4 cm³/mol. The molecule has 0 fully saturated rings. The molecule has 23 heavy (non-hydrogen) atoms. The van der Waals surface area contributed by atoms with Crippen molar-refractivity contribution in [2.75, 3.05) is 11.1 Å². The fraction of sp³-hybridized carbons (Fsp3) is 0.235. The van der Waals surface area contributed by atoms with Crippen molar-refractivity contribution >= 4 is 44.9 Å². The van der Waals surface area contributed by atoms with Crippen LogP contribution in [-0.2, 0) is 4.79 Å². The fourth-order valence-electron chi connectivity index (χ4n) is 2.27. The molecule has 0 saturated carbocycles. The molecule has 0 aliphatic heterocycles. The molecule has 2 heterocycles. The second kappa shape index (κ2) is 6.68. The van der Waals surface area contributed by atoms with Gasteiger partial charge in [-0.2, -0.15) is 0 Å². The first-order chi connectivity index (χ1) is 11.0. The third kappa shape index (κ3) is 3.54. The maximum Gasteiger partial charge on any atom is 0.234 e. The van der Waals surface area contributed by atoms with E-state index < -0.39 is 0 Å². The van der Waals surface area contributed by atoms with E-state index in [9.17, 15) is 4.79 Å². The zero-order chi connectivity index (χ0) is 16.4. The first-order valence-corrected chi connectivity index (χ1v) is 9.07. The Labute approximate surface area is 143 Å². The van der Waals surface area contributed by atoms with Crippen molar-refractivity contribution in [2.45, 2.75) is 25.8 Å². The molecule has 0 saturated heterocycles. The average molecular weight is 343 g/mol. The van der Waals surface area contributed by atoms with E-state index in [1.165, 1.54) is 22.2 Å². The molecule has 1 aromatic carbocycles. The summed E-state index contributed by atoms with van der Waals surface area (Å²) in [5.74, 6) is 1.04. The SMILES string of the molecule is Cc1nc(SCC(=O)Nc2ccccc2)c2c(C)c(C)sc2n1. The number of anilines is 1. The number of benzene rings is 1. The summed E-state index contributed by atoms with van der Waals surface area (Å²) in [6.45, 7) is 6.06. The highest BCUT2D eigenvalue weighted by molar-refractivity contribution is 8.00. The van der Waals surface area contributed by atoms with E-state index in [2.05, 4.69) is 29.1 Å². The smallest absolute Gasteiger partial charge is 0.234 e. The molecule has 0 atom stereocenters. The average Bonchev–Trinajstić information content (AvgIpc) is 2.80. The minimum Gasteiger partial charge on any atom is -0.325 e. The second-order valence-electron chi connectivity index (χ2n) is 5.24. The van der Waals surface area contributed by atoms with Crippen molar-refractivity contribution in [1.82, 2.24) is 9.97 Å². The normalized spacial score (nSPS) is 10.9. The molecule has 118 valence electrons. The molecule has 0 spiro atoms. The van der Waals surface area contributed by atoms with Gasteiger partial charge in [0.05, 0.1) is 5.75 Å². The van der Waals surface area contributed by atoms with Crippen molar-refractivity contribution in [3.63, 3.8) is 0 Å². The molecule has 0 unspecified atom stereocenters. The molecule has 3 aromatic rings. The maximum absolute atomic E-state index is 12.1. The van der Waals surface area contributed by atoms with Crippen LogP contribution in [0.15, 0.2) is 35.4 Å². The molecule has 3 rings (SSSR count). The Kier molecular flexibility index (Phi) is 4.63. The largest absolute Gasteiger partial charge is 0.325 e. The van der Waals surface area contributed by atoms with E-state index in [0.29, 0.717) is 5.75 Å². The lowest BCUT2D eigenvalue weighted by Gasteiger charge is -2.06. The van der Waals surface area contributed by atoms with Crippen LogP contribution < -0.4 is 5.32 Å². The monoisotopic (exact) mass is 343 g/mol. The highest BCUT2D eigenvalue weighted by Gasteiger charge is 2.15. The minimum atomic E-state index is -0.0322. The third-order valence-electron chi connectivity index (χ3n) is 3.50. The van der Waals surface area contributed by atoms with E-state index in [1.807, 2.05) is 37.3 Å². The summed E-state index contributed by atoms with van der Waals surface area (Å²) < 4.78 is 0. The summed E-state index contributed by atoms with van der Waals surface area (Å²) in [6, 6.07) is 9.48. The van der Waals surface area contributed by atoms with Crippen molar-refractivity contribution in [2.24, 2.45) is 0 Å². The number of hydrogen-bond donors (Lipinski definition) is 1. The number of aromatic nitrogens is 2. The Bertz CT molecular complexity index is 859. The van der Waals surface area contributed by atoms with E-state index >= 15 is 0 Å². The number of thiophene rings is 1. The zero-order valence-corrected chi connectivity index (χ0v) is 14.8. The first kappa shape index (κ1) is 16.0. The topological polar surface area (TPSA) is 54.9 Å². The van der Waals surface area contributed by atoms with Crippen LogP contribution in [0, 0.1) is 20.8 Å². The van der Waals surface area contributed by atoms with Gasteiger partial charge in [-0.05, 0) is 38.5 Å². The van der Waals surface area contributed by atoms with Gasteiger partial charge in [-0.25, -0.2) is 9.97 Å². The molecule has 0 bridgehead atoms. The van der Waals surface area contributed by atoms with Gasteiger partial charge in [-0.15, -0.1) is 11.3 Å². The standard InChI is InChI=1S/C17H17N3OS2/c1-10-11(2)23-17-15(10)16(18-12(3)19-17)22-9-14(21)20-13-7-5-4-6-8-13/h4-8H,9H2,1-3H3,(H,20,21). The molecular formula is C17H17N3OS2. The number of para-hydroxylation sites is 1. The lowest BCUT2D eigenvalue weighted by molar-refractivity contribution is -0.113. The van der Waals surface area contributed by atoms with Gasteiger partial charge in [0.25, 0.3) is 0 Å². The quantitative estimate of drug-likeness (QED) is 0.565. The van der Waals surface area contributed by atoms with Crippen LogP contribution >= 0.6 is 23.1 Å². The van der Waals surface area contributed by atoms with Gasteiger partial charge in [-0.1, -0.05) is 30.0 Å². The van der Waals surface area contributed by atoms with Gasteiger partial charge >= 0.3 is 0 Å². The number of hydrogen-bond acceptors (Lipinski definition) is 5. The molecular weight excluding hydrogens is 326 g/mol. The summed E-state index contributed by atoms with van der Waals surface area (Å²) in [7, 11) is 0. The van der Waals surface area contributed by atoms with Gasteiger partial charge in [0.2, 0.25) is 5.91 Å². The molecule has 1 amide bonds. The number of thioether (sulfide) groups is 1. The summed E-state index contributed by atoms with van der Waals surface area (Å²) >= 11 is 3.14. The Balaban J connectivity index is 1.78. The number of rotatable bonds is 4. The summed E-state index contributed by atoms with van der Waals surface area (Å²) in [5, 5.41) is 4.86. The molecule has 4 nitrogen and oxygen atoms in total. The maximum atomic E-state index is 12.1. The fourth-order valence-corrected chi connectivity index (χ4v) is 4.34.